The highest BCUT2D eigenvalue weighted by atomic mass is 35.5. The van der Waals surface area contributed by atoms with Crippen molar-refractivity contribution in [1.29, 1.82) is 0 Å². The van der Waals surface area contributed by atoms with Crippen LogP contribution in [0.15, 0.2) is 42.2 Å². The van der Waals surface area contributed by atoms with Gasteiger partial charge in [-0.3, -0.25) is 4.79 Å². The molecule has 1 atom stereocenters. The Morgan fingerprint density at radius 2 is 2.08 bits per heavy atom. The Morgan fingerprint density at radius 1 is 1.31 bits per heavy atom. The van der Waals surface area contributed by atoms with Crippen molar-refractivity contribution in [2.24, 2.45) is 0 Å². The first-order valence-electron chi connectivity index (χ1n) is 7.67. The summed E-state index contributed by atoms with van der Waals surface area (Å²) in [5.41, 5.74) is 0.378. The van der Waals surface area contributed by atoms with Crippen LogP contribution < -0.4 is 9.47 Å². The van der Waals surface area contributed by atoms with E-state index in [4.69, 9.17) is 21.1 Å². The fraction of sp³-hybridized carbons (Fsp3) is 0.158. The smallest absolute Gasteiger partial charge is 0.346 e. The first-order valence-corrected chi connectivity index (χ1v) is 8.05. The molecule has 7 heteroatoms. The lowest BCUT2D eigenvalue weighted by Gasteiger charge is -2.12. The Balaban J connectivity index is 1.87. The third-order valence-corrected chi connectivity index (χ3v) is 4.09. The lowest BCUT2D eigenvalue weighted by molar-refractivity contribution is -0.147. The molecular weight excluding hydrogens is 363 g/mol. The number of carbonyl (C=O) groups excluding carboxylic acids is 2. The molecular formula is C19H14ClFO5. The Labute approximate surface area is 153 Å². The van der Waals surface area contributed by atoms with Gasteiger partial charge >= 0.3 is 5.97 Å². The minimum Gasteiger partial charge on any atom is -0.479 e. The van der Waals surface area contributed by atoms with E-state index in [2.05, 4.69) is 4.74 Å². The van der Waals surface area contributed by atoms with E-state index in [-0.39, 0.29) is 22.1 Å². The van der Waals surface area contributed by atoms with Crippen LogP contribution in [0.5, 0.6) is 11.5 Å². The van der Waals surface area contributed by atoms with Crippen LogP contribution >= 0.6 is 11.6 Å². The molecule has 2 aromatic carbocycles. The van der Waals surface area contributed by atoms with Crippen LogP contribution in [0.3, 0.4) is 0 Å². The van der Waals surface area contributed by atoms with Crippen molar-refractivity contribution in [3.05, 3.63) is 64.1 Å². The van der Waals surface area contributed by atoms with Gasteiger partial charge in [-0.15, -0.1) is 0 Å². The number of esters is 1. The van der Waals surface area contributed by atoms with E-state index in [0.29, 0.717) is 11.3 Å². The minimum absolute atomic E-state index is 0.0508. The Hall–Kier alpha value is -2.86. The van der Waals surface area contributed by atoms with E-state index in [1.54, 1.807) is 6.07 Å². The largest absolute Gasteiger partial charge is 0.479 e. The first kappa shape index (κ1) is 17.9. The highest BCUT2D eigenvalue weighted by Crippen LogP contribution is 2.36. The highest BCUT2D eigenvalue weighted by molar-refractivity contribution is 6.32. The average Bonchev–Trinajstić information content (AvgIpc) is 2.92. The molecule has 0 spiro atoms. The Kier molecular flexibility index (Phi) is 4.95. The van der Waals surface area contributed by atoms with Gasteiger partial charge in [-0.05, 0) is 37.3 Å². The quantitative estimate of drug-likeness (QED) is 0.595. The number of allylic oxidation sites excluding steroid dienone is 1. The summed E-state index contributed by atoms with van der Waals surface area (Å²) >= 11 is 5.98. The molecule has 1 aliphatic rings. The molecule has 3 rings (SSSR count). The molecule has 0 saturated carbocycles. The van der Waals surface area contributed by atoms with Gasteiger partial charge in [0, 0.05) is 11.6 Å². The monoisotopic (exact) mass is 376 g/mol. The molecule has 0 unspecified atom stereocenters. The maximum Gasteiger partial charge on any atom is 0.346 e. The lowest BCUT2D eigenvalue weighted by atomic mass is 10.1. The number of rotatable bonds is 4. The van der Waals surface area contributed by atoms with Crippen LogP contribution in [-0.2, 0) is 9.53 Å². The summed E-state index contributed by atoms with van der Waals surface area (Å²) in [5, 5.41) is 0.167. The van der Waals surface area contributed by atoms with Gasteiger partial charge in [0.05, 0.1) is 17.7 Å². The summed E-state index contributed by atoms with van der Waals surface area (Å²) in [6.07, 6.45) is 0.444. The number of halogens is 2. The van der Waals surface area contributed by atoms with Gasteiger partial charge in [-0.2, -0.15) is 0 Å². The van der Waals surface area contributed by atoms with E-state index in [1.807, 2.05) is 0 Å². The Morgan fingerprint density at radius 3 is 2.77 bits per heavy atom. The molecule has 0 fully saturated rings. The van der Waals surface area contributed by atoms with E-state index in [0.717, 1.165) is 0 Å². The van der Waals surface area contributed by atoms with Gasteiger partial charge in [0.2, 0.25) is 5.78 Å². The van der Waals surface area contributed by atoms with Crippen molar-refractivity contribution >= 4 is 29.4 Å². The van der Waals surface area contributed by atoms with Crippen molar-refractivity contribution in [2.45, 2.75) is 13.0 Å². The third kappa shape index (κ3) is 3.41. The lowest BCUT2D eigenvalue weighted by Crippen LogP contribution is -2.24. The minimum atomic E-state index is -0.817. The number of hydrogen-bond acceptors (Lipinski definition) is 5. The molecule has 0 radical (unpaired) electrons. The fourth-order valence-electron chi connectivity index (χ4n) is 2.44. The molecule has 0 aromatic heterocycles. The van der Waals surface area contributed by atoms with Crippen LogP contribution in [0.1, 0.15) is 22.8 Å². The molecule has 0 saturated heterocycles. The zero-order valence-electron chi connectivity index (χ0n) is 13.9. The number of methoxy groups -OCH3 is 1. The Bertz CT molecular complexity index is 902. The average molecular weight is 377 g/mol. The number of fused-ring (bicyclic) bond motifs is 1. The standard InChI is InChI=1S/C19H14ClFO5/c1-10(19(23)24-2)25-11-6-7-12-16(8-11)26-17(18(12)22)9-13-14(20)4-3-5-15(13)21/h3-10H,1-2H3/b17-9-/t10-/m1/s1. The second-order valence-electron chi connectivity index (χ2n) is 5.52. The van der Waals surface area contributed by atoms with Gasteiger partial charge < -0.3 is 14.2 Å². The van der Waals surface area contributed by atoms with Crippen molar-refractivity contribution in [3.63, 3.8) is 0 Å². The highest BCUT2D eigenvalue weighted by Gasteiger charge is 2.29. The number of ether oxygens (including phenoxy) is 3. The van der Waals surface area contributed by atoms with Gasteiger partial charge in [0.15, 0.2) is 11.9 Å². The van der Waals surface area contributed by atoms with Crippen LogP contribution in [0.4, 0.5) is 4.39 Å². The summed E-state index contributed by atoms with van der Waals surface area (Å²) in [4.78, 5) is 23.9. The first-order chi connectivity index (χ1) is 12.4. The number of ketones is 1. The summed E-state index contributed by atoms with van der Waals surface area (Å²) in [7, 11) is 1.26. The summed E-state index contributed by atoms with van der Waals surface area (Å²) < 4.78 is 29.5. The normalized spacial score (nSPS) is 15.4. The van der Waals surface area contributed by atoms with Gasteiger partial charge in [-0.25, -0.2) is 9.18 Å². The molecule has 1 heterocycles. The van der Waals surface area contributed by atoms with E-state index >= 15 is 0 Å². The second-order valence-corrected chi connectivity index (χ2v) is 5.92. The van der Waals surface area contributed by atoms with Gasteiger partial charge in [0.25, 0.3) is 0 Å². The molecule has 1 aliphatic heterocycles. The van der Waals surface area contributed by atoms with E-state index < -0.39 is 23.7 Å². The van der Waals surface area contributed by atoms with E-state index in [9.17, 15) is 14.0 Å². The number of Topliss-reactive ketones (excluding diaryl/α,β-unsaturated/α-hetero) is 1. The van der Waals surface area contributed by atoms with Crippen LogP contribution in [0, 0.1) is 5.82 Å². The summed E-state index contributed by atoms with van der Waals surface area (Å²) in [6.45, 7) is 1.54. The second kappa shape index (κ2) is 7.17. The molecule has 0 N–H and O–H groups in total. The van der Waals surface area contributed by atoms with E-state index in [1.165, 1.54) is 50.4 Å². The molecule has 0 bridgehead atoms. The molecule has 0 aliphatic carbocycles. The molecule has 2 aromatic rings. The van der Waals surface area contributed by atoms with Crippen molar-refractivity contribution in [1.82, 2.24) is 0 Å². The predicted molar refractivity (Wildman–Crippen MR) is 92.9 cm³/mol. The maximum atomic E-state index is 13.9. The molecule has 5 nitrogen and oxygen atoms in total. The van der Waals surface area contributed by atoms with Crippen molar-refractivity contribution < 1.29 is 28.2 Å². The van der Waals surface area contributed by atoms with Crippen LogP contribution in [0.2, 0.25) is 5.02 Å². The zero-order chi connectivity index (χ0) is 18.8. The van der Waals surface area contributed by atoms with Crippen LogP contribution in [0.25, 0.3) is 6.08 Å². The van der Waals surface area contributed by atoms with Crippen molar-refractivity contribution in [2.75, 3.05) is 7.11 Å². The number of hydrogen-bond donors (Lipinski definition) is 0. The molecule has 134 valence electrons. The van der Waals surface area contributed by atoms with Crippen LogP contribution in [-0.4, -0.2) is 25.0 Å². The predicted octanol–water partition coefficient (Wildman–Crippen LogP) is 4.04. The fourth-order valence-corrected chi connectivity index (χ4v) is 2.66. The van der Waals surface area contributed by atoms with Gasteiger partial charge in [-0.1, -0.05) is 17.7 Å². The topological polar surface area (TPSA) is 61.8 Å². The number of carbonyl (C=O) groups is 2. The molecule has 0 amide bonds. The zero-order valence-corrected chi connectivity index (χ0v) is 14.7. The summed E-state index contributed by atoms with van der Waals surface area (Å²) in [5.74, 6) is -0.953. The summed E-state index contributed by atoms with van der Waals surface area (Å²) in [6, 6.07) is 8.77. The number of benzene rings is 2. The SMILES string of the molecule is COC(=O)[C@@H](C)Oc1ccc2c(c1)O/C(=C\c1c(F)cccc1Cl)C2=O. The van der Waals surface area contributed by atoms with Crippen molar-refractivity contribution in [3.8, 4) is 11.5 Å². The maximum absolute atomic E-state index is 13.9. The molecule has 26 heavy (non-hydrogen) atoms. The van der Waals surface area contributed by atoms with Gasteiger partial charge in [0.1, 0.15) is 17.3 Å². The third-order valence-electron chi connectivity index (χ3n) is 3.76.